The summed E-state index contributed by atoms with van der Waals surface area (Å²) in [5.41, 5.74) is -1.13. The predicted molar refractivity (Wildman–Crippen MR) is 57.6 cm³/mol. The number of alkyl halides is 3. The van der Waals surface area contributed by atoms with Crippen LogP contribution in [0.15, 0.2) is 17.0 Å². The van der Waals surface area contributed by atoms with E-state index in [1.807, 2.05) is 0 Å². The molecular weight excluding hydrogens is 309 g/mol. The van der Waals surface area contributed by atoms with E-state index >= 15 is 0 Å². The first-order valence-corrected chi connectivity index (χ1v) is 6.49. The summed E-state index contributed by atoms with van der Waals surface area (Å²) in [5, 5.41) is 0. The molecule has 0 saturated heterocycles. The van der Waals surface area contributed by atoms with Gasteiger partial charge in [-0.05, 0) is 19.1 Å². The van der Waals surface area contributed by atoms with Crippen LogP contribution in [0.25, 0.3) is 0 Å². The van der Waals surface area contributed by atoms with E-state index in [0.29, 0.717) is 12.1 Å². The van der Waals surface area contributed by atoms with Gasteiger partial charge in [-0.15, -0.1) is 0 Å². The molecule has 0 aromatic heterocycles. The number of sulfonamides is 1. The van der Waals surface area contributed by atoms with Crippen molar-refractivity contribution in [3.8, 4) is 0 Å². The Hall–Kier alpha value is -1.55. The molecule has 0 fully saturated rings. The van der Waals surface area contributed by atoms with Gasteiger partial charge in [0.05, 0.1) is 5.56 Å². The summed E-state index contributed by atoms with van der Waals surface area (Å²) >= 11 is 0. The number of carbonyl (C=O) groups excluding carboxylic acids is 1. The molecule has 0 spiro atoms. The molecule has 1 rings (SSSR count). The van der Waals surface area contributed by atoms with Gasteiger partial charge in [0.1, 0.15) is 17.3 Å². The standard InChI is InChI=1S/C10H8F5NO3S/c1-5(17)8-6(11)2-3-7(9(8)12)20(18,19)16-4-10(13,14)15/h2-3,16H,4H2,1H3. The minimum atomic E-state index is -4.86. The van der Waals surface area contributed by atoms with Gasteiger partial charge in [-0.3, -0.25) is 4.79 Å². The van der Waals surface area contributed by atoms with Crippen LogP contribution in [0.2, 0.25) is 0 Å². The smallest absolute Gasteiger partial charge is 0.294 e. The van der Waals surface area contributed by atoms with Crippen molar-refractivity contribution >= 4 is 15.8 Å². The van der Waals surface area contributed by atoms with Crippen molar-refractivity contribution in [3.05, 3.63) is 29.3 Å². The molecule has 1 N–H and O–H groups in total. The van der Waals surface area contributed by atoms with Gasteiger partial charge in [-0.1, -0.05) is 0 Å². The zero-order valence-electron chi connectivity index (χ0n) is 9.88. The van der Waals surface area contributed by atoms with E-state index < -0.39 is 50.6 Å². The zero-order valence-corrected chi connectivity index (χ0v) is 10.7. The first-order chi connectivity index (χ1) is 8.96. The first kappa shape index (κ1) is 16.5. The van der Waals surface area contributed by atoms with Crippen LogP contribution in [0.5, 0.6) is 0 Å². The Morgan fingerprint density at radius 2 is 1.80 bits per heavy atom. The Kier molecular flexibility index (Phi) is 4.49. The lowest BCUT2D eigenvalue weighted by atomic mass is 10.1. The van der Waals surface area contributed by atoms with Gasteiger partial charge < -0.3 is 0 Å². The Balaban J connectivity index is 3.27. The number of carbonyl (C=O) groups is 1. The van der Waals surface area contributed by atoms with E-state index in [0.717, 1.165) is 11.6 Å². The molecule has 0 radical (unpaired) electrons. The maximum Gasteiger partial charge on any atom is 0.402 e. The second-order valence-corrected chi connectivity index (χ2v) is 5.47. The second-order valence-electron chi connectivity index (χ2n) is 3.73. The van der Waals surface area contributed by atoms with Gasteiger partial charge in [0, 0.05) is 0 Å². The molecule has 0 heterocycles. The highest BCUT2D eigenvalue weighted by Crippen LogP contribution is 2.22. The van der Waals surface area contributed by atoms with Gasteiger partial charge in [-0.2, -0.15) is 13.2 Å². The number of hydrogen-bond acceptors (Lipinski definition) is 3. The third-order valence-corrected chi connectivity index (χ3v) is 3.58. The summed E-state index contributed by atoms with van der Waals surface area (Å²) < 4.78 is 86.9. The van der Waals surface area contributed by atoms with Gasteiger partial charge in [0.2, 0.25) is 10.0 Å². The van der Waals surface area contributed by atoms with E-state index in [9.17, 15) is 35.2 Å². The van der Waals surface area contributed by atoms with Crippen LogP contribution >= 0.6 is 0 Å². The summed E-state index contributed by atoms with van der Waals surface area (Å²) in [5.74, 6) is -4.12. The van der Waals surface area contributed by atoms with Crippen LogP contribution in [0, 0.1) is 11.6 Å². The molecule has 112 valence electrons. The first-order valence-electron chi connectivity index (χ1n) is 5.01. The molecule has 0 saturated carbocycles. The lowest BCUT2D eigenvalue weighted by molar-refractivity contribution is -0.121. The van der Waals surface area contributed by atoms with Crippen molar-refractivity contribution in [1.82, 2.24) is 4.72 Å². The van der Waals surface area contributed by atoms with Crippen molar-refractivity contribution < 1.29 is 35.2 Å². The predicted octanol–water partition coefficient (Wildman–Crippen LogP) is 2.01. The molecule has 0 amide bonds. The highest BCUT2D eigenvalue weighted by Gasteiger charge is 2.32. The number of Topliss-reactive ketones (excluding diaryl/α,β-unsaturated/α-hetero) is 1. The minimum absolute atomic E-state index is 0.440. The van der Waals surface area contributed by atoms with Gasteiger partial charge in [0.15, 0.2) is 11.6 Å². The minimum Gasteiger partial charge on any atom is -0.294 e. The van der Waals surface area contributed by atoms with Crippen molar-refractivity contribution in [1.29, 1.82) is 0 Å². The molecule has 0 aliphatic carbocycles. The summed E-state index contributed by atoms with van der Waals surface area (Å²) in [4.78, 5) is 9.78. The fraction of sp³-hybridized carbons (Fsp3) is 0.300. The van der Waals surface area contributed by atoms with Crippen LogP contribution in [0.4, 0.5) is 22.0 Å². The topological polar surface area (TPSA) is 63.2 Å². The van der Waals surface area contributed by atoms with Gasteiger partial charge in [-0.25, -0.2) is 21.9 Å². The maximum absolute atomic E-state index is 13.7. The van der Waals surface area contributed by atoms with E-state index in [1.54, 1.807) is 0 Å². The summed E-state index contributed by atoms with van der Waals surface area (Å²) in [7, 11) is -4.86. The molecule has 0 bridgehead atoms. The van der Waals surface area contributed by atoms with Crippen LogP contribution in [-0.4, -0.2) is 26.9 Å². The van der Waals surface area contributed by atoms with Gasteiger partial charge in [0.25, 0.3) is 0 Å². The summed E-state index contributed by atoms with van der Waals surface area (Å²) in [6.45, 7) is -1.12. The molecule has 10 heteroatoms. The molecule has 20 heavy (non-hydrogen) atoms. The van der Waals surface area contributed by atoms with Crippen molar-refractivity contribution in [3.63, 3.8) is 0 Å². The number of hydrogen-bond donors (Lipinski definition) is 1. The highest BCUT2D eigenvalue weighted by molar-refractivity contribution is 7.89. The average molecular weight is 317 g/mol. The number of benzene rings is 1. The average Bonchev–Trinajstić information content (AvgIpc) is 2.24. The van der Waals surface area contributed by atoms with Crippen LogP contribution < -0.4 is 4.72 Å². The summed E-state index contributed by atoms with van der Waals surface area (Å²) in [6, 6.07) is 0.928. The fourth-order valence-corrected chi connectivity index (χ4v) is 2.41. The second kappa shape index (κ2) is 5.44. The maximum atomic E-state index is 13.7. The molecule has 0 unspecified atom stereocenters. The van der Waals surface area contributed by atoms with Crippen LogP contribution in [0.1, 0.15) is 17.3 Å². The number of rotatable bonds is 4. The van der Waals surface area contributed by atoms with Gasteiger partial charge >= 0.3 is 6.18 Å². The van der Waals surface area contributed by atoms with E-state index in [1.165, 1.54) is 0 Å². The lowest BCUT2D eigenvalue weighted by Gasteiger charge is -2.11. The molecule has 1 aromatic carbocycles. The summed E-state index contributed by atoms with van der Waals surface area (Å²) in [6.07, 6.45) is -4.84. The van der Waals surface area contributed by atoms with Crippen LogP contribution in [-0.2, 0) is 10.0 Å². The number of nitrogens with one attached hydrogen (secondary N) is 1. The lowest BCUT2D eigenvalue weighted by Crippen LogP contribution is -2.34. The number of ketones is 1. The largest absolute Gasteiger partial charge is 0.402 e. The Bertz CT molecular complexity index is 639. The van der Waals surface area contributed by atoms with E-state index in [2.05, 4.69) is 0 Å². The molecule has 1 aromatic rings. The molecular formula is C10H8F5NO3S. The third kappa shape index (κ3) is 3.73. The SMILES string of the molecule is CC(=O)c1c(F)ccc(S(=O)(=O)NCC(F)(F)F)c1F. The molecule has 0 aliphatic rings. The van der Waals surface area contributed by atoms with Crippen LogP contribution in [0.3, 0.4) is 0 Å². The van der Waals surface area contributed by atoms with E-state index in [-0.39, 0.29) is 0 Å². The molecule has 4 nitrogen and oxygen atoms in total. The van der Waals surface area contributed by atoms with Crippen molar-refractivity contribution in [2.24, 2.45) is 0 Å². The van der Waals surface area contributed by atoms with Crippen molar-refractivity contribution in [2.45, 2.75) is 18.0 Å². The third-order valence-electron chi connectivity index (χ3n) is 2.16. The Labute approximate surface area is 110 Å². The zero-order chi connectivity index (χ0) is 15.7. The highest BCUT2D eigenvalue weighted by atomic mass is 32.2. The monoisotopic (exact) mass is 317 g/mol. The fourth-order valence-electron chi connectivity index (χ4n) is 1.32. The Morgan fingerprint density at radius 3 is 2.25 bits per heavy atom. The normalized spacial score (nSPS) is 12.5. The number of halogens is 5. The quantitative estimate of drug-likeness (QED) is 0.682. The van der Waals surface area contributed by atoms with E-state index in [4.69, 9.17) is 0 Å². The molecule has 0 atom stereocenters. The molecule has 0 aliphatic heterocycles. The Morgan fingerprint density at radius 1 is 1.25 bits per heavy atom. The van der Waals surface area contributed by atoms with Crippen molar-refractivity contribution in [2.75, 3.05) is 6.54 Å².